The number of hydrogen-bond donors (Lipinski definition) is 2. The Morgan fingerprint density at radius 1 is 1.18 bits per heavy atom. The maximum atomic E-state index is 12.7. The van der Waals surface area contributed by atoms with Crippen molar-refractivity contribution >= 4 is 17.6 Å². The number of hydrogen-bond acceptors (Lipinski definition) is 10. The molecule has 0 amide bonds. The standard InChI is InChI=1S/C22H23N5O6/c1-22(2)32-20(28)18(21(29)33-22)19(25-7-9-27-8-6-23-12-27)26-14-4-5-15(16(10-14)30-3)17-11-24-13-31-17/h4-6,8,10-13,25-26H,7,9H2,1-3H3. The quantitative estimate of drug-likeness (QED) is 0.298. The second-order valence-electron chi connectivity index (χ2n) is 7.56. The molecule has 0 spiro atoms. The maximum Gasteiger partial charge on any atom is 0.352 e. The first kappa shape index (κ1) is 21.9. The smallest absolute Gasteiger partial charge is 0.352 e. The van der Waals surface area contributed by atoms with Gasteiger partial charge in [0.2, 0.25) is 0 Å². The highest BCUT2D eigenvalue weighted by Gasteiger charge is 2.41. The number of benzene rings is 1. The van der Waals surface area contributed by atoms with Gasteiger partial charge in [-0.25, -0.2) is 19.6 Å². The minimum absolute atomic E-state index is 0.148. The highest BCUT2D eigenvalue weighted by Crippen LogP contribution is 2.33. The molecule has 0 saturated carbocycles. The van der Waals surface area contributed by atoms with Gasteiger partial charge in [-0.2, -0.15) is 0 Å². The normalized spacial score (nSPS) is 14.9. The summed E-state index contributed by atoms with van der Waals surface area (Å²) < 4.78 is 23.2. The molecule has 1 saturated heterocycles. The van der Waals surface area contributed by atoms with Crippen LogP contribution in [0.3, 0.4) is 0 Å². The fourth-order valence-electron chi connectivity index (χ4n) is 3.25. The van der Waals surface area contributed by atoms with E-state index in [4.69, 9.17) is 18.6 Å². The van der Waals surface area contributed by atoms with E-state index in [1.54, 1.807) is 43.1 Å². The summed E-state index contributed by atoms with van der Waals surface area (Å²) in [7, 11) is 1.53. The molecule has 0 radical (unpaired) electrons. The molecule has 1 fully saturated rings. The van der Waals surface area contributed by atoms with Crippen LogP contribution < -0.4 is 15.4 Å². The van der Waals surface area contributed by atoms with Crippen LogP contribution in [0.1, 0.15) is 13.8 Å². The summed E-state index contributed by atoms with van der Waals surface area (Å²) in [5, 5.41) is 6.17. The van der Waals surface area contributed by atoms with Crippen LogP contribution in [0.4, 0.5) is 5.69 Å². The van der Waals surface area contributed by atoms with Crippen molar-refractivity contribution in [2.45, 2.75) is 26.2 Å². The van der Waals surface area contributed by atoms with Crippen LogP contribution in [-0.2, 0) is 25.6 Å². The van der Waals surface area contributed by atoms with Gasteiger partial charge in [-0.05, 0) is 12.1 Å². The molecule has 172 valence electrons. The Labute approximate surface area is 189 Å². The molecule has 0 bridgehead atoms. The Morgan fingerprint density at radius 3 is 2.61 bits per heavy atom. The summed E-state index contributed by atoms with van der Waals surface area (Å²) in [4.78, 5) is 33.2. The first-order valence-corrected chi connectivity index (χ1v) is 10.1. The highest BCUT2D eigenvalue weighted by atomic mass is 16.7. The SMILES string of the molecule is COc1cc(NC(NCCn2ccnc2)=C2C(=O)OC(C)(C)OC2=O)ccc1-c1cnco1. The van der Waals surface area contributed by atoms with Gasteiger partial charge in [0.15, 0.2) is 17.7 Å². The van der Waals surface area contributed by atoms with Crippen molar-refractivity contribution in [3.8, 4) is 17.1 Å². The van der Waals surface area contributed by atoms with Crippen LogP contribution in [-0.4, -0.2) is 45.9 Å². The van der Waals surface area contributed by atoms with Crippen molar-refractivity contribution in [1.82, 2.24) is 19.9 Å². The molecule has 3 heterocycles. The van der Waals surface area contributed by atoms with Gasteiger partial charge in [0.05, 0.1) is 25.2 Å². The first-order chi connectivity index (χ1) is 15.9. The highest BCUT2D eigenvalue weighted by molar-refractivity contribution is 6.16. The minimum atomic E-state index is -1.35. The average molecular weight is 453 g/mol. The number of nitrogens with zero attached hydrogens (tertiary/aromatic N) is 3. The zero-order chi connectivity index (χ0) is 23.4. The number of imidazole rings is 1. The van der Waals surface area contributed by atoms with E-state index in [0.717, 1.165) is 0 Å². The third-order valence-corrected chi connectivity index (χ3v) is 4.73. The number of nitrogens with one attached hydrogen (secondary N) is 2. The number of esters is 2. The van der Waals surface area contributed by atoms with E-state index in [1.807, 2.05) is 4.57 Å². The molecule has 1 aliphatic heterocycles. The van der Waals surface area contributed by atoms with Crippen LogP contribution in [0.25, 0.3) is 11.3 Å². The molecule has 3 aromatic rings. The Balaban J connectivity index is 1.63. The molecule has 11 nitrogen and oxygen atoms in total. The Morgan fingerprint density at radius 2 is 1.97 bits per heavy atom. The van der Waals surface area contributed by atoms with E-state index in [0.29, 0.717) is 35.9 Å². The van der Waals surface area contributed by atoms with Crippen molar-refractivity contribution in [3.05, 3.63) is 60.9 Å². The number of anilines is 1. The van der Waals surface area contributed by atoms with Crippen LogP contribution in [0.5, 0.6) is 5.75 Å². The summed E-state index contributed by atoms with van der Waals surface area (Å²) in [6.45, 7) is 3.92. The van der Waals surface area contributed by atoms with E-state index < -0.39 is 17.7 Å². The number of aromatic nitrogens is 3. The van der Waals surface area contributed by atoms with E-state index in [-0.39, 0.29) is 11.4 Å². The van der Waals surface area contributed by atoms with Gasteiger partial charge in [-0.1, -0.05) is 0 Å². The van der Waals surface area contributed by atoms with Crippen molar-refractivity contribution in [3.63, 3.8) is 0 Å². The molecule has 33 heavy (non-hydrogen) atoms. The summed E-state index contributed by atoms with van der Waals surface area (Å²) >= 11 is 0. The van der Waals surface area contributed by atoms with Crippen LogP contribution in [0.2, 0.25) is 0 Å². The lowest BCUT2D eigenvalue weighted by Crippen LogP contribution is -2.44. The number of carbonyl (C=O) groups is 2. The molecule has 1 aromatic carbocycles. The minimum Gasteiger partial charge on any atom is -0.496 e. The van der Waals surface area contributed by atoms with Crippen LogP contribution in [0, 0.1) is 0 Å². The van der Waals surface area contributed by atoms with E-state index >= 15 is 0 Å². The largest absolute Gasteiger partial charge is 0.496 e. The fourth-order valence-corrected chi connectivity index (χ4v) is 3.25. The second kappa shape index (κ2) is 9.07. The molecular weight excluding hydrogens is 430 g/mol. The third-order valence-electron chi connectivity index (χ3n) is 4.73. The van der Waals surface area contributed by atoms with Crippen molar-refractivity contribution in [2.75, 3.05) is 19.0 Å². The van der Waals surface area contributed by atoms with Gasteiger partial charge in [0.1, 0.15) is 11.6 Å². The molecule has 1 aliphatic rings. The maximum absolute atomic E-state index is 12.7. The number of ether oxygens (including phenoxy) is 3. The van der Waals surface area contributed by atoms with Crippen molar-refractivity contribution < 1.29 is 28.2 Å². The molecule has 11 heteroatoms. The summed E-state index contributed by atoms with van der Waals surface area (Å²) in [6, 6.07) is 5.23. The number of oxazole rings is 1. The predicted octanol–water partition coefficient (Wildman–Crippen LogP) is 2.30. The van der Waals surface area contributed by atoms with E-state index in [1.165, 1.54) is 27.4 Å². The predicted molar refractivity (Wildman–Crippen MR) is 116 cm³/mol. The zero-order valence-electron chi connectivity index (χ0n) is 18.3. The van der Waals surface area contributed by atoms with Gasteiger partial charge < -0.3 is 33.8 Å². The molecular formula is C22H23N5O6. The molecule has 2 N–H and O–H groups in total. The summed E-state index contributed by atoms with van der Waals surface area (Å²) in [5.74, 6) is -1.73. The van der Waals surface area contributed by atoms with Gasteiger partial charge in [-0.15, -0.1) is 0 Å². The first-order valence-electron chi connectivity index (χ1n) is 10.1. The van der Waals surface area contributed by atoms with E-state index in [2.05, 4.69) is 20.6 Å². The Hall–Kier alpha value is -4.28. The molecule has 0 atom stereocenters. The molecule has 0 unspecified atom stereocenters. The fraction of sp³-hybridized carbons (Fsp3) is 0.273. The number of carbonyl (C=O) groups excluding carboxylic acids is 2. The summed E-state index contributed by atoms with van der Waals surface area (Å²) in [5.41, 5.74) is 0.984. The lowest BCUT2D eigenvalue weighted by Gasteiger charge is -2.31. The second-order valence-corrected chi connectivity index (χ2v) is 7.56. The number of cyclic esters (lactones) is 2. The van der Waals surface area contributed by atoms with E-state index in [9.17, 15) is 9.59 Å². The third kappa shape index (κ3) is 4.97. The van der Waals surface area contributed by atoms with Gasteiger partial charge in [0.25, 0.3) is 5.79 Å². The van der Waals surface area contributed by atoms with Crippen molar-refractivity contribution in [2.24, 2.45) is 0 Å². The van der Waals surface area contributed by atoms with Gasteiger partial charge in [-0.3, -0.25) is 0 Å². The molecule has 4 rings (SSSR count). The average Bonchev–Trinajstić information content (AvgIpc) is 3.46. The number of rotatable bonds is 8. The Kier molecular flexibility index (Phi) is 6.03. The van der Waals surface area contributed by atoms with Gasteiger partial charge in [0, 0.05) is 51.1 Å². The lowest BCUT2D eigenvalue weighted by molar-refractivity contribution is -0.222. The lowest BCUT2D eigenvalue weighted by atomic mass is 10.1. The Bertz CT molecular complexity index is 1150. The van der Waals surface area contributed by atoms with Crippen LogP contribution >= 0.6 is 0 Å². The summed E-state index contributed by atoms with van der Waals surface area (Å²) in [6.07, 6.45) is 8.04. The monoisotopic (exact) mass is 453 g/mol. The topological polar surface area (TPSA) is 130 Å². The van der Waals surface area contributed by atoms with Crippen LogP contribution in [0.15, 0.2) is 65.3 Å². The molecule has 2 aromatic heterocycles. The zero-order valence-corrected chi connectivity index (χ0v) is 18.3. The molecule has 0 aliphatic carbocycles. The van der Waals surface area contributed by atoms with Gasteiger partial charge >= 0.3 is 11.9 Å². The van der Waals surface area contributed by atoms with Crippen molar-refractivity contribution in [1.29, 1.82) is 0 Å². The number of methoxy groups -OCH3 is 1.